The lowest BCUT2D eigenvalue weighted by Gasteiger charge is -2.28. The highest BCUT2D eigenvalue weighted by Crippen LogP contribution is 2.16. The van der Waals surface area contributed by atoms with Crippen LogP contribution < -0.4 is 11.1 Å². The fourth-order valence-corrected chi connectivity index (χ4v) is 3.21. The molecule has 1 aliphatic heterocycles. The summed E-state index contributed by atoms with van der Waals surface area (Å²) in [6, 6.07) is 0.715. The van der Waals surface area contributed by atoms with Crippen LogP contribution in [0.2, 0.25) is 0 Å². The van der Waals surface area contributed by atoms with Crippen molar-refractivity contribution in [1.82, 2.24) is 15.1 Å². The first kappa shape index (κ1) is 18.4. The third-order valence-electron chi connectivity index (χ3n) is 4.77. The summed E-state index contributed by atoms with van der Waals surface area (Å²) in [6.45, 7) is 8.16. The molecule has 0 aromatic carbocycles. The number of hydrogen-bond acceptors (Lipinski definition) is 4. The maximum Gasteiger partial charge on any atom is 0.237 e. The highest BCUT2D eigenvalue weighted by molar-refractivity contribution is 5.84. The number of primary amides is 1. The van der Waals surface area contributed by atoms with Crippen molar-refractivity contribution >= 4 is 5.91 Å². The Hall–Kier alpha value is -0.650. The molecule has 1 amide bonds. The first-order valence-corrected chi connectivity index (χ1v) is 8.32. The summed E-state index contributed by atoms with van der Waals surface area (Å²) in [7, 11) is 4.42. The molecule has 0 aromatic heterocycles. The lowest BCUT2D eigenvalue weighted by atomic mass is 9.94. The molecule has 5 nitrogen and oxygen atoms in total. The number of nitrogens with one attached hydrogen (secondary N) is 1. The van der Waals surface area contributed by atoms with Crippen LogP contribution in [0.3, 0.4) is 0 Å². The van der Waals surface area contributed by atoms with E-state index < -0.39 is 5.54 Å². The monoisotopic (exact) mass is 298 g/mol. The zero-order valence-corrected chi connectivity index (χ0v) is 14.3. The van der Waals surface area contributed by atoms with Crippen LogP contribution in [0.5, 0.6) is 0 Å². The molecule has 21 heavy (non-hydrogen) atoms. The van der Waals surface area contributed by atoms with Crippen molar-refractivity contribution in [3.63, 3.8) is 0 Å². The van der Waals surface area contributed by atoms with Crippen LogP contribution in [0.1, 0.15) is 46.0 Å². The van der Waals surface area contributed by atoms with Gasteiger partial charge in [-0.2, -0.15) is 0 Å². The van der Waals surface area contributed by atoms with Crippen molar-refractivity contribution in [3.05, 3.63) is 0 Å². The molecule has 1 saturated heterocycles. The summed E-state index contributed by atoms with van der Waals surface area (Å²) >= 11 is 0. The molecule has 0 bridgehead atoms. The van der Waals surface area contributed by atoms with Gasteiger partial charge in [-0.25, -0.2) is 0 Å². The van der Waals surface area contributed by atoms with Gasteiger partial charge in [0.1, 0.15) is 0 Å². The van der Waals surface area contributed by atoms with Crippen LogP contribution in [-0.2, 0) is 4.79 Å². The quantitative estimate of drug-likeness (QED) is 0.592. The zero-order valence-electron chi connectivity index (χ0n) is 14.3. The van der Waals surface area contributed by atoms with E-state index in [1.807, 2.05) is 13.8 Å². The Bertz CT molecular complexity index is 323. The van der Waals surface area contributed by atoms with Gasteiger partial charge in [-0.05, 0) is 72.8 Å². The fourth-order valence-electron chi connectivity index (χ4n) is 3.21. The molecule has 3 N–H and O–H groups in total. The average Bonchev–Trinajstić information content (AvgIpc) is 2.80. The van der Waals surface area contributed by atoms with Crippen molar-refractivity contribution in [3.8, 4) is 0 Å². The molecule has 1 heterocycles. The van der Waals surface area contributed by atoms with E-state index in [0.717, 1.165) is 38.9 Å². The SMILES string of the molecule is CCNC(C)(CCCCN(C)CC1CCCN1C)C(N)=O. The van der Waals surface area contributed by atoms with Crippen molar-refractivity contribution in [2.45, 2.75) is 57.5 Å². The Morgan fingerprint density at radius 1 is 1.48 bits per heavy atom. The van der Waals surface area contributed by atoms with Gasteiger partial charge in [0, 0.05) is 12.6 Å². The summed E-state index contributed by atoms with van der Waals surface area (Å²) in [5.41, 5.74) is 4.95. The lowest BCUT2D eigenvalue weighted by Crippen LogP contribution is -2.53. The van der Waals surface area contributed by atoms with Crippen LogP contribution >= 0.6 is 0 Å². The number of likely N-dealkylation sites (tertiary alicyclic amines) is 1. The smallest absolute Gasteiger partial charge is 0.237 e. The molecule has 0 saturated carbocycles. The Morgan fingerprint density at radius 2 is 2.19 bits per heavy atom. The molecule has 1 fully saturated rings. The predicted octanol–water partition coefficient (Wildman–Crippen LogP) is 1.04. The Morgan fingerprint density at radius 3 is 2.71 bits per heavy atom. The van der Waals surface area contributed by atoms with Gasteiger partial charge in [0.25, 0.3) is 0 Å². The van der Waals surface area contributed by atoms with E-state index in [-0.39, 0.29) is 5.91 Å². The second-order valence-corrected chi connectivity index (χ2v) is 6.72. The van der Waals surface area contributed by atoms with Crippen molar-refractivity contribution in [1.29, 1.82) is 0 Å². The van der Waals surface area contributed by atoms with E-state index in [4.69, 9.17) is 5.73 Å². The first-order valence-electron chi connectivity index (χ1n) is 8.32. The van der Waals surface area contributed by atoms with Crippen molar-refractivity contribution in [2.75, 3.05) is 40.3 Å². The molecule has 1 aliphatic rings. The van der Waals surface area contributed by atoms with Crippen LogP contribution in [-0.4, -0.2) is 67.6 Å². The molecule has 0 aromatic rings. The van der Waals surface area contributed by atoms with E-state index in [2.05, 4.69) is 29.2 Å². The molecular formula is C16H34N4O. The average molecular weight is 298 g/mol. The molecule has 0 aliphatic carbocycles. The second-order valence-electron chi connectivity index (χ2n) is 6.72. The molecule has 2 unspecified atom stereocenters. The van der Waals surface area contributed by atoms with Crippen molar-refractivity contribution in [2.24, 2.45) is 5.73 Å². The molecule has 124 valence electrons. The second kappa shape index (κ2) is 8.71. The van der Waals surface area contributed by atoms with E-state index in [9.17, 15) is 4.79 Å². The Kier molecular flexibility index (Phi) is 7.63. The van der Waals surface area contributed by atoms with E-state index >= 15 is 0 Å². The minimum absolute atomic E-state index is 0.245. The minimum Gasteiger partial charge on any atom is -0.368 e. The molecule has 5 heteroatoms. The van der Waals surface area contributed by atoms with Gasteiger partial charge in [0.15, 0.2) is 0 Å². The maximum absolute atomic E-state index is 11.5. The third kappa shape index (κ3) is 5.93. The summed E-state index contributed by atoms with van der Waals surface area (Å²) in [5.74, 6) is -0.245. The van der Waals surface area contributed by atoms with Gasteiger partial charge in [-0.1, -0.05) is 6.92 Å². The number of carbonyl (C=O) groups excluding carboxylic acids is 1. The van der Waals surface area contributed by atoms with Gasteiger partial charge in [0.2, 0.25) is 5.91 Å². The van der Waals surface area contributed by atoms with Gasteiger partial charge < -0.3 is 20.9 Å². The number of unbranched alkanes of at least 4 members (excludes halogenated alkanes) is 1. The summed E-state index contributed by atoms with van der Waals surface area (Å²) in [6.07, 6.45) is 5.60. The van der Waals surface area contributed by atoms with Gasteiger partial charge >= 0.3 is 0 Å². The number of nitrogens with two attached hydrogens (primary N) is 1. The summed E-state index contributed by atoms with van der Waals surface area (Å²) in [5, 5.41) is 3.22. The standard InChI is InChI=1S/C16H34N4O/c1-5-18-16(2,15(17)21)10-6-7-11-19(3)13-14-9-8-12-20(14)4/h14,18H,5-13H2,1-4H3,(H2,17,21). The fraction of sp³-hybridized carbons (Fsp3) is 0.938. The molecule has 1 rings (SSSR count). The topological polar surface area (TPSA) is 61.6 Å². The predicted molar refractivity (Wildman–Crippen MR) is 88.3 cm³/mol. The molecular weight excluding hydrogens is 264 g/mol. The minimum atomic E-state index is -0.557. The zero-order chi connectivity index (χ0) is 15.9. The number of amides is 1. The first-order chi connectivity index (χ1) is 9.89. The third-order valence-corrected chi connectivity index (χ3v) is 4.77. The van der Waals surface area contributed by atoms with E-state index in [0.29, 0.717) is 6.04 Å². The highest BCUT2D eigenvalue weighted by Gasteiger charge is 2.29. The van der Waals surface area contributed by atoms with Gasteiger partial charge in [-0.3, -0.25) is 4.79 Å². The normalized spacial score (nSPS) is 22.6. The maximum atomic E-state index is 11.5. The number of rotatable bonds is 10. The van der Waals surface area contributed by atoms with E-state index in [1.54, 1.807) is 0 Å². The van der Waals surface area contributed by atoms with Crippen LogP contribution in [0.25, 0.3) is 0 Å². The van der Waals surface area contributed by atoms with Crippen LogP contribution in [0.15, 0.2) is 0 Å². The highest BCUT2D eigenvalue weighted by atomic mass is 16.1. The Labute approximate surface area is 130 Å². The Balaban J connectivity index is 2.21. The summed E-state index contributed by atoms with van der Waals surface area (Å²) < 4.78 is 0. The summed E-state index contributed by atoms with van der Waals surface area (Å²) in [4.78, 5) is 16.4. The number of hydrogen-bond donors (Lipinski definition) is 2. The lowest BCUT2D eigenvalue weighted by molar-refractivity contribution is -0.124. The van der Waals surface area contributed by atoms with Crippen LogP contribution in [0.4, 0.5) is 0 Å². The molecule has 0 radical (unpaired) electrons. The van der Waals surface area contributed by atoms with Crippen molar-refractivity contribution < 1.29 is 4.79 Å². The molecule has 2 atom stereocenters. The number of nitrogens with zero attached hydrogens (tertiary/aromatic N) is 2. The number of carbonyl (C=O) groups is 1. The largest absolute Gasteiger partial charge is 0.368 e. The number of likely N-dealkylation sites (N-methyl/N-ethyl adjacent to an activating group) is 3. The van der Waals surface area contributed by atoms with Gasteiger partial charge in [0.05, 0.1) is 5.54 Å². The molecule has 0 spiro atoms. The van der Waals surface area contributed by atoms with Crippen LogP contribution in [0, 0.1) is 0 Å². The van der Waals surface area contributed by atoms with E-state index in [1.165, 1.54) is 19.4 Å². The van der Waals surface area contributed by atoms with Gasteiger partial charge in [-0.15, -0.1) is 0 Å².